The first-order valence-corrected chi connectivity index (χ1v) is 11.3. The van der Waals surface area contributed by atoms with Crippen molar-refractivity contribution in [1.82, 2.24) is 4.90 Å². The quantitative estimate of drug-likeness (QED) is 0.352. The van der Waals surface area contributed by atoms with Crippen LogP contribution in [-0.2, 0) is 9.59 Å². The SMILES string of the molecule is CCCCN1C(=O)C(=O)/C(=C(\O)c2cccc(OCC(C)C)c2)C1c1sccc1C. The van der Waals surface area contributed by atoms with E-state index in [0.29, 0.717) is 30.4 Å². The van der Waals surface area contributed by atoms with Crippen molar-refractivity contribution < 1.29 is 19.4 Å². The Bertz CT molecular complexity index is 960. The normalized spacial score (nSPS) is 18.4. The summed E-state index contributed by atoms with van der Waals surface area (Å²) in [5.74, 6) is -0.338. The number of aliphatic hydroxyl groups is 1. The van der Waals surface area contributed by atoms with Crippen molar-refractivity contribution in [1.29, 1.82) is 0 Å². The molecule has 0 aliphatic carbocycles. The van der Waals surface area contributed by atoms with Crippen LogP contribution in [0, 0.1) is 12.8 Å². The summed E-state index contributed by atoms with van der Waals surface area (Å²) in [5.41, 5.74) is 1.64. The van der Waals surface area contributed by atoms with Gasteiger partial charge in [-0.05, 0) is 48.4 Å². The summed E-state index contributed by atoms with van der Waals surface area (Å²) in [5, 5.41) is 13.1. The number of aryl methyl sites for hydroxylation is 1. The van der Waals surface area contributed by atoms with E-state index in [1.54, 1.807) is 23.1 Å². The average Bonchev–Trinajstić information content (AvgIpc) is 3.25. The summed E-state index contributed by atoms with van der Waals surface area (Å²) in [4.78, 5) is 28.3. The number of benzene rings is 1. The third kappa shape index (κ3) is 4.43. The molecule has 0 radical (unpaired) electrons. The highest BCUT2D eigenvalue weighted by Gasteiger charge is 2.46. The van der Waals surface area contributed by atoms with Crippen molar-refractivity contribution in [2.45, 2.75) is 46.6 Å². The van der Waals surface area contributed by atoms with Crippen molar-refractivity contribution in [2.75, 3.05) is 13.2 Å². The summed E-state index contributed by atoms with van der Waals surface area (Å²) >= 11 is 1.50. The van der Waals surface area contributed by atoms with Gasteiger partial charge in [-0.2, -0.15) is 0 Å². The Morgan fingerprint density at radius 2 is 2.03 bits per heavy atom. The standard InChI is InChI=1S/C24H29NO4S/c1-5-6-11-25-20(23-16(4)10-12-30-23)19(22(27)24(25)28)21(26)17-8-7-9-18(13-17)29-14-15(2)3/h7-10,12-13,15,20,26H,5-6,11,14H2,1-4H3/b21-19-. The van der Waals surface area contributed by atoms with Crippen molar-refractivity contribution in [2.24, 2.45) is 5.92 Å². The molecule has 3 rings (SSSR count). The fourth-order valence-corrected chi connectivity index (χ4v) is 4.57. The maximum atomic E-state index is 13.0. The van der Waals surface area contributed by atoms with Crippen LogP contribution in [0.1, 0.15) is 55.7 Å². The highest BCUT2D eigenvalue weighted by Crippen LogP contribution is 2.42. The third-order valence-corrected chi connectivity index (χ3v) is 6.20. The van der Waals surface area contributed by atoms with Gasteiger partial charge in [0.15, 0.2) is 0 Å². The average molecular weight is 428 g/mol. The first kappa shape index (κ1) is 22.1. The van der Waals surface area contributed by atoms with Crippen molar-refractivity contribution >= 4 is 28.8 Å². The number of hydrogen-bond acceptors (Lipinski definition) is 5. The Labute approximate surface area is 182 Å². The molecule has 1 aliphatic heterocycles. The van der Waals surface area contributed by atoms with Crippen molar-refractivity contribution in [3.8, 4) is 5.75 Å². The van der Waals surface area contributed by atoms with E-state index in [4.69, 9.17) is 4.74 Å². The molecular weight excluding hydrogens is 398 g/mol. The Balaban J connectivity index is 2.07. The lowest BCUT2D eigenvalue weighted by Crippen LogP contribution is -2.30. The minimum Gasteiger partial charge on any atom is -0.507 e. The molecule has 1 aromatic carbocycles. The fourth-order valence-electron chi connectivity index (χ4n) is 3.53. The molecule has 5 nitrogen and oxygen atoms in total. The van der Waals surface area contributed by atoms with Crippen LogP contribution < -0.4 is 4.74 Å². The lowest BCUT2D eigenvalue weighted by Gasteiger charge is -2.24. The molecule has 1 N–H and O–H groups in total. The van der Waals surface area contributed by atoms with Gasteiger partial charge in [0.1, 0.15) is 11.5 Å². The first-order chi connectivity index (χ1) is 14.3. The van der Waals surface area contributed by atoms with Crippen molar-refractivity contribution in [3.63, 3.8) is 0 Å². The number of ketones is 1. The zero-order chi connectivity index (χ0) is 21.8. The molecule has 2 heterocycles. The Morgan fingerprint density at radius 1 is 1.27 bits per heavy atom. The molecular formula is C24H29NO4S. The van der Waals surface area contributed by atoms with Crippen LogP contribution in [0.3, 0.4) is 0 Å². The number of hydrogen-bond donors (Lipinski definition) is 1. The fraction of sp³-hybridized carbons (Fsp3) is 0.417. The zero-order valence-electron chi connectivity index (χ0n) is 18.0. The van der Waals surface area contributed by atoms with E-state index in [1.807, 2.05) is 31.4 Å². The molecule has 1 aliphatic rings. The van der Waals surface area contributed by atoms with Crippen LogP contribution in [0.15, 0.2) is 41.3 Å². The van der Waals surface area contributed by atoms with E-state index in [9.17, 15) is 14.7 Å². The molecule has 1 amide bonds. The number of nitrogens with zero attached hydrogens (tertiary/aromatic N) is 1. The number of amides is 1. The lowest BCUT2D eigenvalue weighted by molar-refractivity contribution is -0.139. The molecule has 1 aromatic heterocycles. The number of thiophene rings is 1. The first-order valence-electron chi connectivity index (χ1n) is 10.4. The number of ether oxygens (including phenoxy) is 1. The molecule has 0 spiro atoms. The summed E-state index contributed by atoms with van der Waals surface area (Å²) in [6.45, 7) is 9.17. The van der Waals surface area contributed by atoms with E-state index < -0.39 is 17.7 Å². The van der Waals surface area contributed by atoms with Crippen LogP contribution in [-0.4, -0.2) is 34.8 Å². The summed E-state index contributed by atoms with van der Waals surface area (Å²) in [6, 6.07) is 8.46. The number of rotatable bonds is 8. The van der Waals surface area contributed by atoms with Gasteiger partial charge in [0.05, 0.1) is 18.2 Å². The second kappa shape index (κ2) is 9.47. The van der Waals surface area contributed by atoms with Crippen LogP contribution in [0.5, 0.6) is 5.75 Å². The molecule has 1 saturated heterocycles. The summed E-state index contributed by atoms with van der Waals surface area (Å²) < 4.78 is 5.77. The molecule has 160 valence electrons. The predicted octanol–water partition coefficient (Wildman–Crippen LogP) is 5.31. The van der Waals surface area contributed by atoms with Gasteiger partial charge in [-0.1, -0.05) is 39.3 Å². The number of carbonyl (C=O) groups excluding carboxylic acids is 2. The molecule has 0 saturated carbocycles. The molecule has 1 atom stereocenters. The van der Waals surface area contributed by atoms with Crippen LogP contribution in [0.4, 0.5) is 0 Å². The highest BCUT2D eigenvalue weighted by molar-refractivity contribution is 7.10. The Kier molecular flexibility index (Phi) is 6.98. The van der Waals surface area contributed by atoms with E-state index in [2.05, 4.69) is 13.8 Å². The molecule has 0 bridgehead atoms. The van der Waals surface area contributed by atoms with Gasteiger partial charge in [0.25, 0.3) is 11.7 Å². The monoisotopic (exact) mass is 427 g/mol. The number of Topliss-reactive ketones (excluding diaryl/α,β-unsaturated/α-hetero) is 1. The van der Waals surface area contributed by atoms with E-state index in [0.717, 1.165) is 23.3 Å². The number of aliphatic hydroxyl groups excluding tert-OH is 1. The number of likely N-dealkylation sites (tertiary alicyclic amines) is 1. The molecule has 1 fully saturated rings. The molecule has 6 heteroatoms. The van der Waals surface area contributed by atoms with Gasteiger partial charge in [-0.25, -0.2) is 0 Å². The number of carbonyl (C=O) groups is 2. The Morgan fingerprint density at radius 3 is 2.67 bits per heavy atom. The minimum atomic E-state index is -0.630. The number of unbranched alkanes of at least 4 members (excludes halogenated alkanes) is 1. The van der Waals surface area contributed by atoms with E-state index >= 15 is 0 Å². The van der Waals surface area contributed by atoms with Gasteiger partial charge < -0.3 is 14.7 Å². The van der Waals surface area contributed by atoms with E-state index in [1.165, 1.54) is 11.3 Å². The van der Waals surface area contributed by atoms with Gasteiger partial charge >= 0.3 is 0 Å². The minimum absolute atomic E-state index is 0.153. The Hall–Kier alpha value is -2.60. The topological polar surface area (TPSA) is 66.8 Å². The third-order valence-electron chi connectivity index (χ3n) is 5.13. The van der Waals surface area contributed by atoms with E-state index in [-0.39, 0.29) is 11.3 Å². The molecule has 1 unspecified atom stereocenters. The van der Waals surface area contributed by atoms with Crippen molar-refractivity contribution in [3.05, 3.63) is 57.3 Å². The van der Waals surface area contributed by atoms with Gasteiger partial charge in [0, 0.05) is 17.0 Å². The zero-order valence-corrected chi connectivity index (χ0v) is 18.8. The predicted molar refractivity (Wildman–Crippen MR) is 120 cm³/mol. The second-order valence-corrected chi connectivity index (χ2v) is 8.99. The summed E-state index contributed by atoms with van der Waals surface area (Å²) in [7, 11) is 0. The van der Waals surface area contributed by atoms with Gasteiger partial charge in [-0.3, -0.25) is 9.59 Å². The summed E-state index contributed by atoms with van der Waals surface area (Å²) in [6.07, 6.45) is 1.71. The lowest BCUT2D eigenvalue weighted by atomic mass is 9.98. The molecule has 2 aromatic rings. The van der Waals surface area contributed by atoms with Crippen LogP contribution >= 0.6 is 11.3 Å². The molecule has 30 heavy (non-hydrogen) atoms. The maximum absolute atomic E-state index is 13.0. The van der Waals surface area contributed by atoms with Crippen LogP contribution in [0.25, 0.3) is 5.76 Å². The second-order valence-electron chi connectivity index (χ2n) is 8.05. The smallest absolute Gasteiger partial charge is 0.295 e. The van der Waals surface area contributed by atoms with Gasteiger partial charge in [0.2, 0.25) is 0 Å². The van der Waals surface area contributed by atoms with Gasteiger partial charge in [-0.15, -0.1) is 11.3 Å². The largest absolute Gasteiger partial charge is 0.507 e. The maximum Gasteiger partial charge on any atom is 0.295 e. The highest BCUT2D eigenvalue weighted by atomic mass is 32.1. The van der Waals surface area contributed by atoms with Crippen LogP contribution in [0.2, 0.25) is 0 Å².